The molecule has 4 heterocycles. The van der Waals surface area contributed by atoms with E-state index in [0.29, 0.717) is 78.7 Å². The Morgan fingerprint density at radius 1 is 0.430 bits per heavy atom. The van der Waals surface area contributed by atoms with Crippen molar-refractivity contribution in [3.8, 4) is 5.75 Å². The van der Waals surface area contributed by atoms with E-state index in [1.165, 1.54) is 18.6 Å². The molecule has 0 radical (unpaired) electrons. The number of ether oxygens (including phenoxy) is 1. The first-order valence-corrected chi connectivity index (χ1v) is 50.5. The quantitative estimate of drug-likeness (QED) is 0.0168. The number of furan rings is 1. The van der Waals surface area contributed by atoms with Gasteiger partial charge >= 0.3 is 0 Å². The number of amides is 11. The number of para-hydroxylation sites is 1. The zero-order valence-corrected chi connectivity index (χ0v) is 87.5. The lowest BCUT2D eigenvalue weighted by Crippen LogP contribution is -2.41. The Morgan fingerprint density at radius 2 is 0.859 bits per heavy atom. The molecule has 10 aromatic carbocycles. The minimum Gasteiger partial charge on any atom is -0.492 e. The maximum absolute atomic E-state index is 12.7. The van der Waals surface area contributed by atoms with Crippen molar-refractivity contribution in [2.45, 2.75) is 182 Å². The number of carbonyl (C=O) groups is 11. The minimum atomic E-state index is -3.67. The fourth-order valence-corrected chi connectivity index (χ4v) is 18.3. The van der Waals surface area contributed by atoms with Crippen LogP contribution in [0.3, 0.4) is 0 Å². The van der Waals surface area contributed by atoms with Crippen LogP contribution in [0.15, 0.2) is 258 Å². The highest BCUT2D eigenvalue weighted by Crippen LogP contribution is 2.39. The lowest BCUT2D eigenvalue weighted by Gasteiger charge is -2.33. The highest BCUT2D eigenvalue weighted by Gasteiger charge is 2.36. The summed E-state index contributed by atoms with van der Waals surface area (Å²) in [7, 11) is -1.85. The molecule has 786 valence electrons. The molecule has 2 aliphatic rings. The van der Waals surface area contributed by atoms with E-state index >= 15 is 0 Å². The van der Waals surface area contributed by atoms with E-state index in [1.54, 1.807) is 245 Å². The zero-order valence-electron chi connectivity index (χ0n) is 85.1. The van der Waals surface area contributed by atoms with Crippen LogP contribution in [0.1, 0.15) is 314 Å². The van der Waals surface area contributed by atoms with Gasteiger partial charge in [-0.3, -0.25) is 84.0 Å². The van der Waals surface area contributed by atoms with Crippen LogP contribution in [0.4, 0.5) is 0 Å². The summed E-state index contributed by atoms with van der Waals surface area (Å²) in [5.41, 5.74) is 21.9. The van der Waals surface area contributed by atoms with E-state index in [9.17, 15) is 61.2 Å². The van der Waals surface area contributed by atoms with Gasteiger partial charge in [-0.1, -0.05) is 204 Å². The van der Waals surface area contributed by atoms with Crippen LogP contribution < -0.4 is 68.9 Å². The van der Waals surface area contributed by atoms with Gasteiger partial charge < -0.3 is 40.3 Å². The van der Waals surface area contributed by atoms with Crippen LogP contribution in [-0.2, 0) is 33.7 Å². The van der Waals surface area contributed by atoms with E-state index in [4.69, 9.17) is 52.0 Å². The number of benzene rings is 10. The number of carbonyl (C=O) groups excluding carboxylic acids is 11. The molecule has 0 spiro atoms. The first-order chi connectivity index (χ1) is 70.7. The van der Waals surface area contributed by atoms with Gasteiger partial charge in [0.05, 0.1) is 59.0 Å². The highest BCUT2D eigenvalue weighted by atomic mass is 35.5. The number of halogens is 1. The molecule has 3 aromatic heterocycles. The number of sulfonamides is 1. The molecule has 13 aromatic rings. The molecular weight excluding hydrogens is 1970 g/mol. The smallest absolute Gasteiger partial charge is 0.287 e. The second kappa shape index (κ2) is 52.9. The first-order valence-electron chi connectivity index (χ1n) is 47.9. The number of aryl methyl sites for hydroxylation is 1. The summed E-state index contributed by atoms with van der Waals surface area (Å²) in [5.74, 6) is -3.14. The molecule has 18 N–H and O–H groups in total. The molecule has 0 bridgehead atoms. The third-order valence-electron chi connectivity index (χ3n) is 25.2. The first kappa shape index (κ1) is 116. The lowest BCUT2D eigenvalue weighted by atomic mass is 9.75. The number of hydroxylamine groups is 6. The van der Waals surface area contributed by atoms with Gasteiger partial charge in [-0.15, -0.1) is 0 Å². The monoisotopic (exact) mass is 2090 g/mol. The topological polar surface area (TPSA) is 541 Å². The molecule has 1 aliphatic carbocycles. The fourth-order valence-electron chi connectivity index (χ4n) is 16.4. The third kappa shape index (κ3) is 31.7. The number of aromatic nitrogens is 3. The van der Waals surface area contributed by atoms with Gasteiger partial charge in [0.25, 0.3) is 59.1 Å². The predicted molar refractivity (Wildman–Crippen MR) is 561 cm³/mol. The highest BCUT2D eigenvalue weighted by molar-refractivity contribution is 7.89. The van der Waals surface area contributed by atoms with Crippen molar-refractivity contribution in [1.29, 1.82) is 0 Å². The van der Waals surface area contributed by atoms with E-state index in [2.05, 4.69) is 60.8 Å². The Labute approximate surface area is 872 Å². The lowest BCUT2D eigenvalue weighted by molar-refractivity contribution is -0.132. The van der Waals surface area contributed by atoms with Crippen molar-refractivity contribution in [2.75, 3.05) is 6.61 Å². The van der Waals surface area contributed by atoms with Gasteiger partial charge in [0.1, 0.15) is 28.1 Å². The molecule has 6 atom stereocenters. The van der Waals surface area contributed by atoms with Crippen LogP contribution in [0.2, 0.25) is 5.02 Å². The molecule has 1 aliphatic heterocycles. The normalized spacial score (nSPS) is 13.6. The summed E-state index contributed by atoms with van der Waals surface area (Å²) >= 11 is 7.08. The number of hydrogen-bond acceptors (Lipinski definition) is 24. The van der Waals surface area contributed by atoms with Gasteiger partial charge in [-0.25, -0.2) is 46.0 Å². The van der Waals surface area contributed by atoms with E-state index in [1.807, 2.05) is 113 Å². The molecule has 39 heteroatoms. The Balaban J connectivity index is 0.000000183. The van der Waals surface area contributed by atoms with Crippen LogP contribution in [-0.4, -0.2) is 125 Å². The van der Waals surface area contributed by atoms with Crippen LogP contribution in [0.25, 0.3) is 22.0 Å². The van der Waals surface area contributed by atoms with Gasteiger partial charge in [-0.05, 0) is 246 Å². The van der Waals surface area contributed by atoms with E-state index < -0.39 is 51.5 Å². The maximum atomic E-state index is 12.7. The minimum absolute atomic E-state index is 0.0500. The van der Waals surface area contributed by atoms with Gasteiger partial charge in [-0.2, -0.15) is 8.75 Å². The van der Waals surface area contributed by atoms with Gasteiger partial charge in [0.2, 0.25) is 15.9 Å². The molecule has 1 saturated carbocycles. The standard InChI is InChI=1S/C20H19ClN2O4.C19H24N2O4S.C18H18N4O3S.C18H23N3O3.C18H18N2O4.C17H24N2O3/c1-11(2)18(12-3-5-13(6-4-12)19(24)23-26)22-20(25)17-10-14-9-15(21)7-8-16(14)27-17;1-13(14-5-7-15(8-6-14)18(22)20-23)21-26(24,25)17-11-9-16(10-12-17)19(2,3)4;1-10(2)16(11-3-5-12(6-4-11)18(24)20-25)19-17(23)13-7-8-14-15(9-13)22-26-21-14;1-18(2,3)15(19-17(23)14-6-5-11-21(14)4)12-7-9-13(10-8-12)16(22)20-24;1-11(12-5-7-14(8-6-12)17(21)20-23)19-18(22)15-4-2-3-13-9-10-24-16(13)15;1-12(13-6-8-14(9-7-13)15(20)19-22)18-16(21)17(2)10-4-3-5-11-17/h3-11,18,26H,1-2H3,(H,22,25)(H,23,24);5-13,21,23H,1-4H3,(H,20,22);3-10,16,25H,1-2H3,(H,19,23)(H,20,24);5-11,15,24H,1-4H3,(H,19,23)(H,20,22);2-8,11,23H,9-10H2,1H3,(H,19,22)(H,20,21);6-9,12,22H,3-5,10-11H2,1-2H3,(H,18,21)(H,19,20). The van der Waals surface area contributed by atoms with Crippen molar-refractivity contribution in [3.05, 3.63) is 354 Å². The number of rotatable bonds is 27. The van der Waals surface area contributed by atoms with Crippen molar-refractivity contribution < 1.29 is 102 Å². The second-order valence-electron chi connectivity index (χ2n) is 38.8. The zero-order chi connectivity index (χ0) is 109. The molecule has 15 rings (SSSR count). The second-order valence-corrected chi connectivity index (χ2v) is 41.5. The van der Waals surface area contributed by atoms with Gasteiger partial charge in [0.15, 0.2) is 5.76 Å². The molecule has 149 heavy (non-hydrogen) atoms. The average Bonchev–Trinajstić information content (AvgIpc) is 1.33. The largest absolute Gasteiger partial charge is 0.492 e. The summed E-state index contributed by atoms with van der Waals surface area (Å²) in [6, 6.07) is 66.5. The summed E-state index contributed by atoms with van der Waals surface area (Å²) in [4.78, 5) is 131. The van der Waals surface area contributed by atoms with Crippen LogP contribution in [0.5, 0.6) is 5.75 Å². The van der Waals surface area contributed by atoms with Crippen molar-refractivity contribution in [2.24, 2.45) is 29.7 Å². The molecule has 0 saturated heterocycles. The summed E-state index contributed by atoms with van der Waals surface area (Å²) < 4.78 is 49.1. The SMILES string of the molecule is CC(C)C(NC(=O)c1cc2cc(Cl)ccc2o1)c1ccc(C(=O)NO)cc1.CC(C)C(NC(=O)c1ccc2nsnc2c1)c1ccc(C(=O)NO)cc1.CC(NC(=O)C1(C)CCCCC1)c1ccc(C(=O)NO)cc1.CC(NC(=O)c1cccc2c1OCC2)c1ccc(C(=O)NO)cc1.CC(NS(=O)(=O)c1ccc(C(C)(C)C)cc1)c1ccc(C(=O)NO)cc1.Cn1cccc1C(=O)NC(c1ccc(C(=O)NO)cc1)C(C)(C)C. The maximum Gasteiger partial charge on any atom is 0.287 e. The predicted octanol–water partition coefficient (Wildman–Crippen LogP) is 18.3. The van der Waals surface area contributed by atoms with E-state index in [0.717, 1.165) is 93.7 Å². The van der Waals surface area contributed by atoms with E-state index in [-0.39, 0.29) is 104 Å². The summed E-state index contributed by atoms with van der Waals surface area (Å²) in [6.07, 6.45) is 7.98. The molecule has 1 fully saturated rings. The Hall–Kier alpha value is -15.2. The molecular formula is C110H126ClN15O21S2. The van der Waals surface area contributed by atoms with Crippen LogP contribution >= 0.6 is 23.3 Å². The fraction of sp³-hybridized carbons (Fsp3) is 0.300. The Bertz CT molecular complexity index is 6950. The number of hydrogen-bond donors (Lipinski definition) is 18. The number of nitrogens with one attached hydrogen (secondary N) is 12. The summed E-state index contributed by atoms with van der Waals surface area (Å²) in [5, 5.41) is 68.4. The Morgan fingerprint density at radius 3 is 1.30 bits per heavy atom. The van der Waals surface area contributed by atoms with Crippen molar-refractivity contribution in [3.63, 3.8) is 0 Å². The summed E-state index contributed by atoms with van der Waals surface area (Å²) in [6.45, 7) is 28.5. The Kier molecular flexibility index (Phi) is 41.1. The van der Waals surface area contributed by atoms with Crippen LogP contribution in [0, 0.1) is 22.7 Å². The third-order valence-corrected chi connectivity index (χ3v) is 27.5. The number of fused-ring (bicyclic) bond motifs is 3. The molecule has 36 nitrogen and oxygen atoms in total. The average molecular weight is 2090 g/mol. The number of nitrogens with zero attached hydrogens (tertiary/aromatic N) is 3. The van der Waals surface area contributed by atoms with Crippen molar-refractivity contribution in [1.82, 2.24) is 77.5 Å². The van der Waals surface area contributed by atoms with Crippen molar-refractivity contribution >= 4 is 120 Å². The van der Waals surface area contributed by atoms with Gasteiger partial charge in [0, 0.05) is 80.5 Å². The molecule has 6 unspecified atom stereocenters. The molecule has 11 amide bonds.